The van der Waals surface area contributed by atoms with Gasteiger partial charge in [-0.3, -0.25) is 14.4 Å². The molecule has 0 saturated heterocycles. The van der Waals surface area contributed by atoms with Gasteiger partial charge in [-0.1, -0.05) is 54.8 Å². The van der Waals surface area contributed by atoms with Crippen molar-refractivity contribution in [1.29, 1.82) is 0 Å². The average Bonchev–Trinajstić information content (AvgIpc) is 3.67. The second kappa shape index (κ2) is 10.9. The Labute approximate surface area is 216 Å². The van der Waals surface area contributed by atoms with Crippen molar-refractivity contribution >= 4 is 29.2 Å². The number of carboxylic acid groups (broad SMARTS) is 1. The fourth-order valence-corrected chi connectivity index (χ4v) is 4.56. The first-order chi connectivity index (χ1) is 17.9. The van der Waals surface area contributed by atoms with Crippen LogP contribution >= 0.6 is 0 Å². The van der Waals surface area contributed by atoms with Crippen molar-refractivity contribution in [2.75, 3.05) is 5.32 Å². The number of para-hydroxylation sites is 1. The number of benzodiazepines with no additional fused rings is 1. The molecular weight excluding hydrogens is 506 g/mol. The lowest BCUT2D eigenvalue weighted by atomic mass is 9.83. The topological polar surface area (TPSA) is 108 Å². The fourth-order valence-electron chi connectivity index (χ4n) is 4.56. The van der Waals surface area contributed by atoms with Crippen LogP contribution in [-0.2, 0) is 14.4 Å². The highest BCUT2D eigenvalue weighted by molar-refractivity contribution is 6.20. The summed E-state index contributed by atoms with van der Waals surface area (Å²) in [5.41, 5.74) is 1.74. The van der Waals surface area contributed by atoms with Gasteiger partial charge >= 0.3 is 12.1 Å². The van der Waals surface area contributed by atoms with Crippen molar-refractivity contribution < 1.29 is 37.1 Å². The number of hydrogen-bond acceptors (Lipinski definition) is 4. The van der Waals surface area contributed by atoms with Crippen LogP contribution in [0.4, 0.5) is 23.2 Å². The zero-order chi connectivity index (χ0) is 27.6. The third-order valence-corrected chi connectivity index (χ3v) is 6.79. The first kappa shape index (κ1) is 27.3. The molecule has 2 aromatic carbocycles. The van der Waals surface area contributed by atoms with E-state index in [1.54, 1.807) is 30.3 Å². The molecule has 1 heterocycles. The van der Waals surface area contributed by atoms with E-state index in [2.05, 4.69) is 15.6 Å². The van der Waals surface area contributed by atoms with Crippen LogP contribution in [0.2, 0.25) is 0 Å². The maximum absolute atomic E-state index is 14.7. The van der Waals surface area contributed by atoms with Gasteiger partial charge in [-0.05, 0) is 31.7 Å². The van der Waals surface area contributed by atoms with Crippen LogP contribution in [0.3, 0.4) is 0 Å². The molecule has 1 aliphatic carbocycles. The van der Waals surface area contributed by atoms with Gasteiger partial charge in [-0.2, -0.15) is 13.2 Å². The Balaban J connectivity index is 1.69. The number of aliphatic imine (C=N–C) groups is 1. The van der Waals surface area contributed by atoms with Gasteiger partial charge in [0.15, 0.2) is 0 Å². The Morgan fingerprint density at radius 1 is 1.13 bits per heavy atom. The molecule has 1 unspecified atom stereocenters. The Bertz CT molecular complexity index is 1260. The molecule has 0 aromatic heterocycles. The molecule has 38 heavy (non-hydrogen) atoms. The van der Waals surface area contributed by atoms with Crippen LogP contribution in [0.25, 0.3) is 0 Å². The van der Waals surface area contributed by atoms with E-state index in [0.717, 1.165) is 24.5 Å². The summed E-state index contributed by atoms with van der Waals surface area (Å²) in [4.78, 5) is 42.7. The van der Waals surface area contributed by atoms with Crippen molar-refractivity contribution in [2.24, 2.45) is 22.7 Å². The van der Waals surface area contributed by atoms with Crippen LogP contribution < -0.4 is 10.6 Å². The molecule has 3 atom stereocenters. The summed E-state index contributed by atoms with van der Waals surface area (Å²) in [6.07, 6.45) is -6.78. The first-order valence-electron chi connectivity index (χ1n) is 12.3. The number of aryl methyl sites for hydroxylation is 1. The Morgan fingerprint density at radius 3 is 2.42 bits per heavy atom. The fraction of sp³-hybridized carbons (Fsp3) is 0.407. The number of benzene rings is 2. The lowest BCUT2D eigenvalue weighted by Gasteiger charge is -2.25. The monoisotopic (exact) mass is 533 g/mol. The quantitative estimate of drug-likeness (QED) is 0.402. The number of amides is 2. The molecule has 3 N–H and O–H groups in total. The summed E-state index contributed by atoms with van der Waals surface area (Å²) in [6.45, 7) is 1.86. The number of nitrogens with zero attached hydrogens (tertiary/aromatic N) is 1. The van der Waals surface area contributed by atoms with Crippen LogP contribution in [-0.4, -0.2) is 40.9 Å². The van der Waals surface area contributed by atoms with Gasteiger partial charge in [0.1, 0.15) is 5.82 Å². The number of alkyl halides is 3. The summed E-state index contributed by atoms with van der Waals surface area (Å²) in [6, 6.07) is 11.1. The smallest absolute Gasteiger partial charge is 0.389 e. The van der Waals surface area contributed by atoms with Crippen molar-refractivity contribution in [3.8, 4) is 0 Å². The van der Waals surface area contributed by atoms with Crippen molar-refractivity contribution in [2.45, 2.75) is 51.4 Å². The number of anilines is 1. The third kappa shape index (κ3) is 6.56. The number of halogens is 4. The van der Waals surface area contributed by atoms with E-state index in [9.17, 15) is 37.1 Å². The molecular formula is C27H27F4N3O4. The molecule has 2 aliphatic rings. The van der Waals surface area contributed by atoms with Gasteiger partial charge in [0.25, 0.3) is 5.91 Å². The summed E-state index contributed by atoms with van der Waals surface area (Å²) in [5.74, 6) is -6.90. The second-order valence-electron chi connectivity index (χ2n) is 9.79. The number of fused-ring (bicyclic) bond motifs is 1. The zero-order valence-corrected chi connectivity index (χ0v) is 20.5. The lowest BCUT2D eigenvalue weighted by molar-refractivity contribution is -0.154. The SMILES string of the molecule is Cc1ccc(C2=NC(NC(=O)[C@H](CCC(F)(F)F)[C@H](CC3CC3)C(=O)O)C(=O)Nc3c(F)cccc32)cc1. The van der Waals surface area contributed by atoms with Crippen LogP contribution in [0.5, 0.6) is 0 Å². The normalized spacial score (nSPS) is 18.9. The molecule has 11 heteroatoms. The van der Waals surface area contributed by atoms with E-state index in [1.165, 1.54) is 6.07 Å². The molecule has 1 fully saturated rings. The number of carbonyl (C=O) groups excluding carboxylic acids is 2. The molecule has 1 saturated carbocycles. The van der Waals surface area contributed by atoms with Crippen LogP contribution in [0, 0.1) is 30.5 Å². The first-order valence-corrected chi connectivity index (χ1v) is 12.3. The molecule has 0 radical (unpaired) electrons. The van der Waals surface area contributed by atoms with Gasteiger partial charge in [-0.15, -0.1) is 0 Å². The predicted molar refractivity (Wildman–Crippen MR) is 131 cm³/mol. The van der Waals surface area contributed by atoms with E-state index >= 15 is 0 Å². The van der Waals surface area contributed by atoms with E-state index < -0.39 is 60.6 Å². The maximum Gasteiger partial charge on any atom is 0.389 e. The van der Waals surface area contributed by atoms with Crippen molar-refractivity contribution in [1.82, 2.24) is 5.32 Å². The minimum absolute atomic E-state index is 0.0297. The molecule has 7 nitrogen and oxygen atoms in total. The van der Waals surface area contributed by atoms with E-state index in [0.29, 0.717) is 5.56 Å². The van der Waals surface area contributed by atoms with Gasteiger partial charge in [0.2, 0.25) is 12.1 Å². The summed E-state index contributed by atoms with van der Waals surface area (Å²) < 4.78 is 53.8. The maximum atomic E-state index is 14.7. The highest BCUT2D eigenvalue weighted by Gasteiger charge is 2.41. The summed E-state index contributed by atoms with van der Waals surface area (Å²) in [5, 5.41) is 14.5. The Kier molecular flexibility index (Phi) is 7.84. The molecule has 2 aromatic rings. The summed E-state index contributed by atoms with van der Waals surface area (Å²) in [7, 11) is 0. The minimum atomic E-state index is -4.60. The summed E-state index contributed by atoms with van der Waals surface area (Å²) >= 11 is 0. The average molecular weight is 534 g/mol. The van der Waals surface area contributed by atoms with Gasteiger partial charge in [0.05, 0.1) is 23.2 Å². The standard InChI is InChI=1S/C27H27F4N3O4/c1-14-5-9-16(10-6-14)21-18-3-2-4-20(28)22(18)33-25(36)23(32-21)34-24(35)17(11-12-27(29,30)31)19(26(37)38)13-15-7-8-15/h2-6,9-10,15,17,19,23H,7-8,11-13H2,1H3,(H,33,36)(H,34,35)(H,37,38)/t17-,19+,23?/m1/s1. The van der Waals surface area contributed by atoms with Gasteiger partial charge in [-0.25, -0.2) is 9.38 Å². The number of carbonyl (C=O) groups is 3. The second-order valence-corrected chi connectivity index (χ2v) is 9.79. The molecule has 0 bridgehead atoms. The van der Waals surface area contributed by atoms with Crippen molar-refractivity contribution in [3.05, 3.63) is 65.0 Å². The van der Waals surface area contributed by atoms with Gasteiger partial charge < -0.3 is 15.7 Å². The minimum Gasteiger partial charge on any atom is -0.481 e. The number of rotatable bonds is 9. The third-order valence-electron chi connectivity index (χ3n) is 6.79. The number of carboxylic acids is 1. The molecule has 0 spiro atoms. The predicted octanol–water partition coefficient (Wildman–Crippen LogP) is 4.83. The van der Waals surface area contributed by atoms with Gasteiger partial charge in [0, 0.05) is 17.5 Å². The Morgan fingerprint density at radius 2 is 1.82 bits per heavy atom. The number of nitrogens with one attached hydrogen (secondary N) is 2. The van der Waals surface area contributed by atoms with E-state index in [1.807, 2.05) is 6.92 Å². The largest absolute Gasteiger partial charge is 0.481 e. The molecule has 4 rings (SSSR count). The number of hydrogen-bond donors (Lipinski definition) is 3. The van der Waals surface area contributed by atoms with Crippen LogP contribution in [0.1, 0.15) is 48.8 Å². The van der Waals surface area contributed by atoms with E-state index in [-0.39, 0.29) is 29.3 Å². The molecule has 2 amide bonds. The highest BCUT2D eigenvalue weighted by atomic mass is 19.4. The lowest BCUT2D eigenvalue weighted by Crippen LogP contribution is -2.47. The Hall–Kier alpha value is -3.76. The zero-order valence-electron chi connectivity index (χ0n) is 20.5. The van der Waals surface area contributed by atoms with Crippen molar-refractivity contribution in [3.63, 3.8) is 0 Å². The van der Waals surface area contributed by atoms with Crippen LogP contribution in [0.15, 0.2) is 47.5 Å². The van der Waals surface area contributed by atoms with E-state index in [4.69, 9.17) is 0 Å². The molecule has 1 aliphatic heterocycles. The number of aliphatic carboxylic acids is 1. The molecule has 202 valence electrons. The highest BCUT2D eigenvalue weighted by Crippen LogP contribution is 2.39.